The molecule has 0 spiro atoms. The van der Waals surface area contributed by atoms with Crippen LogP contribution in [0.4, 0.5) is 11.4 Å². The van der Waals surface area contributed by atoms with Crippen molar-refractivity contribution in [3.05, 3.63) is 35.1 Å². The molecule has 1 aliphatic rings. The Hall–Kier alpha value is -1.75. The highest BCUT2D eigenvalue weighted by molar-refractivity contribution is 6.31. The minimum atomic E-state index is 0.700. The summed E-state index contributed by atoms with van der Waals surface area (Å²) in [6.07, 6.45) is 1.65. The van der Waals surface area contributed by atoms with Gasteiger partial charge in [-0.2, -0.15) is 0 Å². The lowest BCUT2D eigenvalue weighted by Gasteiger charge is -2.36. The fourth-order valence-electron chi connectivity index (χ4n) is 2.19. The van der Waals surface area contributed by atoms with Crippen molar-refractivity contribution in [1.82, 2.24) is 10.3 Å². The van der Waals surface area contributed by atoms with Crippen LogP contribution < -0.4 is 9.80 Å². The Kier molecular flexibility index (Phi) is 2.83. The smallest absolute Gasteiger partial charge is 0.124 e. The van der Waals surface area contributed by atoms with Crippen LogP contribution in [0.15, 0.2) is 29.0 Å². The van der Waals surface area contributed by atoms with Gasteiger partial charge in [0.2, 0.25) is 0 Å². The van der Waals surface area contributed by atoms with Gasteiger partial charge in [0, 0.05) is 25.2 Å². The number of hydrogen-bond donors (Lipinski definition) is 0. The zero-order valence-electron chi connectivity index (χ0n) is 10.0. The van der Waals surface area contributed by atoms with Gasteiger partial charge in [-0.15, -0.1) is 0 Å². The van der Waals surface area contributed by atoms with E-state index in [0.717, 1.165) is 35.2 Å². The Balaban J connectivity index is 1.93. The molecule has 0 N–H and O–H groups in total. The third-order valence-corrected chi connectivity index (χ3v) is 3.39. The Bertz CT molecular complexity index is 543. The summed E-state index contributed by atoms with van der Waals surface area (Å²) < 4.78 is 4.63. The van der Waals surface area contributed by atoms with Crippen LogP contribution in [-0.2, 0) is 6.54 Å². The van der Waals surface area contributed by atoms with Gasteiger partial charge < -0.3 is 9.80 Å². The zero-order valence-corrected chi connectivity index (χ0v) is 10.8. The number of fused-ring (bicyclic) bond motifs is 1. The van der Waals surface area contributed by atoms with Gasteiger partial charge >= 0.3 is 0 Å². The van der Waals surface area contributed by atoms with E-state index >= 15 is 0 Å². The summed E-state index contributed by atoms with van der Waals surface area (Å²) in [5.74, 6) is 0. The van der Waals surface area contributed by atoms with Crippen LogP contribution in [0, 0.1) is 0 Å². The lowest BCUT2D eigenvalue weighted by atomic mass is 10.1. The summed E-state index contributed by atoms with van der Waals surface area (Å²) in [4.78, 5) is 4.46. The van der Waals surface area contributed by atoms with E-state index in [0.29, 0.717) is 6.54 Å². The number of nitrogens with zero attached hydrogens (tertiary/aromatic N) is 4. The highest BCUT2D eigenvalue weighted by Gasteiger charge is 2.21. The first kappa shape index (κ1) is 11.3. The number of anilines is 2. The molecule has 2 heterocycles. The summed E-state index contributed by atoms with van der Waals surface area (Å²) in [5.41, 5.74) is 3.14. The lowest BCUT2D eigenvalue weighted by molar-refractivity contribution is 0.303. The molecule has 1 aromatic heterocycles. The molecule has 3 rings (SSSR count). The van der Waals surface area contributed by atoms with Gasteiger partial charge in [0.05, 0.1) is 24.1 Å². The Morgan fingerprint density at radius 2 is 2.22 bits per heavy atom. The van der Waals surface area contributed by atoms with Crippen molar-refractivity contribution in [1.29, 1.82) is 0 Å². The predicted molar refractivity (Wildman–Crippen MR) is 70.1 cm³/mol. The van der Waals surface area contributed by atoms with E-state index in [4.69, 9.17) is 11.6 Å². The topological polar surface area (TPSA) is 45.4 Å². The summed E-state index contributed by atoms with van der Waals surface area (Å²) >= 11 is 6.05. The van der Waals surface area contributed by atoms with Crippen LogP contribution in [0.5, 0.6) is 0 Å². The Morgan fingerprint density at radius 3 is 3.00 bits per heavy atom. The Morgan fingerprint density at radius 1 is 1.33 bits per heavy atom. The normalized spacial score (nSPS) is 14.8. The molecule has 0 amide bonds. The van der Waals surface area contributed by atoms with Crippen LogP contribution in [0.1, 0.15) is 5.69 Å². The average Bonchev–Trinajstić information content (AvgIpc) is 2.86. The average molecular weight is 265 g/mol. The molecule has 94 valence electrons. The van der Waals surface area contributed by atoms with E-state index in [2.05, 4.69) is 31.8 Å². The molecule has 1 aliphatic heterocycles. The van der Waals surface area contributed by atoms with Crippen LogP contribution in [0.25, 0.3) is 0 Å². The lowest BCUT2D eigenvalue weighted by Crippen LogP contribution is -2.38. The van der Waals surface area contributed by atoms with E-state index in [1.807, 2.05) is 18.2 Å². The molecule has 18 heavy (non-hydrogen) atoms. The number of benzene rings is 1. The number of likely N-dealkylation sites (N-methyl/N-ethyl adjacent to an activating group) is 1. The van der Waals surface area contributed by atoms with Gasteiger partial charge in [0.1, 0.15) is 5.69 Å². The van der Waals surface area contributed by atoms with Gasteiger partial charge in [-0.1, -0.05) is 21.9 Å². The minimum absolute atomic E-state index is 0.700. The number of rotatable bonds is 2. The molecular formula is C12H13ClN4O. The van der Waals surface area contributed by atoms with Gasteiger partial charge in [0.15, 0.2) is 0 Å². The maximum atomic E-state index is 6.05. The summed E-state index contributed by atoms with van der Waals surface area (Å²) in [5, 5.41) is 8.24. The van der Waals surface area contributed by atoms with E-state index in [9.17, 15) is 0 Å². The molecule has 0 saturated heterocycles. The van der Waals surface area contributed by atoms with E-state index < -0.39 is 0 Å². The van der Waals surface area contributed by atoms with Gasteiger partial charge in [-0.05, 0) is 18.2 Å². The quantitative estimate of drug-likeness (QED) is 0.832. The molecule has 5 nitrogen and oxygen atoms in total. The minimum Gasteiger partial charge on any atom is -0.371 e. The fraction of sp³-hybridized carbons (Fsp3) is 0.333. The van der Waals surface area contributed by atoms with Crippen LogP contribution >= 0.6 is 11.6 Å². The highest BCUT2D eigenvalue weighted by Crippen LogP contribution is 2.35. The summed E-state index contributed by atoms with van der Waals surface area (Å²) in [7, 11) is 2.07. The number of hydrogen-bond acceptors (Lipinski definition) is 5. The van der Waals surface area contributed by atoms with Crippen LogP contribution in [0.2, 0.25) is 5.02 Å². The first-order valence-electron chi connectivity index (χ1n) is 5.76. The second-order valence-electron chi connectivity index (χ2n) is 4.37. The molecule has 0 aliphatic carbocycles. The SMILES string of the molecule is CN1CCN(Cc2cnon2)c2ccc(Cl)cc21. The molecule has 2 aromatic rings. The van der Waals surface area contributed by atoms with E-state index in [-0.39, 0.29) is 0 Å². The Labute approximate surface area is 110 Å². The first-order valence-corrected chi connectivity index (χ1v) is 6.14. The molecule has 0 fully saturated rings. The van der Waals surface area contributed by atoms with Gasteiger partial charge in [0.25, 0.3) is 0 Å². The standard InChI is InChI=1S/C12H13ClN4O/c1-16-4-5-17(8-10-7-14-18-15-10)11-3-2-9(13)6-12(11)16/h2-3,6-7H,4-5,8H2,1H3. The van der Waals surface area contributed by atoms with Gasteiger partial charge in [-0.25, -0.2) is 4.63 Å². The monoisotopic (exact) mass is 264 g/mol. The molecule has 0 bridgehead atoms. The third-order valence-electron chi connectivity index (χ3n) is 3.15. The molecule has 0 saturated carbocycles. The van der Waals surface area contributed by atoms with Crippen molar-refractivity contribution < 1.29 is 4.63 Å². The first-order chi connectivity index (χ1) is 8.74. The second kappa shape index (κ2) is 4.49. The van der Waals surface area contributed by atoms with Crippen molar-refractivity contribution >= 4 is 23.0 Å². The maximum absolute atomic E-state index is 6.05. The zero-order chi connectivity index (χ0) is 12.5. The van der Waals surface area contributed by atoms with Crippen molar-refractivity contribution in [2.24, 2.45) is 0 Å². The van der Waals surface area contributed by atoms with Crippen molar-refractivity contribution in [3.63, 3.8) is 0 Å². The van der Waals surface area contributed by atoms with Crippen molar-refractivity contribution in [2.75, 3.05) is 29.9 Å². The summed E-state index contributed by atoms with van der Waals surface area (Å²) in [6.45, 7) is 2.60. The van der Waals surface area contributed by atoms with Crippen LogP contribution in [0.3, 0.4) is 0 Å². The second-order valence-corrected chi connectivity index (χ2v) is 4.81. The van der Waals surface area contributed by atoms with E-state index in [1.165, 1.54) is 0 Å². The van der Waals surface area contributed by atoms with Crippen molar-refractivity contribution in [3.8, 4) is 0 Å². The number of halogens is 1. The maximum Gasteiger partial charge on any atom is 0.124 e. The highest BCUT2D eigenvalue weighted by atomic mass is 35.5. The molecule has 6 heteroatoms. The van der Waals surface area contributed by atoms with Crippen molar-refractivity contribution in [2.45, 2.75) is 6.54 Å². The molecule has 0 unspecified atom stereocenters. The molecular weight excluding hydrogens is 252 g/mol. The molecule has 0 radical (unpaired) electrons. The van der Waals surface area contributed by atoms with Crippen LogP contribution in [-0.4, -0.2) is 30.5 Å². The molecule has 0 atom stereocenters. The summed E-state index contributed by atoms with van der Waals surface area (Å²) in [6, 6.07) is 5.94. The fourth-order valence-corrected chi connectivity index (χ4v) is 2.36. The molecule has 1 aromatic carbocycles. The largest absolute Gasteiger partial charge is 0.371 e. The van der Waals surface area contributed by atoms with Gasteiger partial charge in [-0.3, -0.25) is 0 Å². The third kappa shape index (κ3) is 2.01. The number of aromatic nitrogens is 2. The van der Waals surface area contributed by atoms with E-state index in [1.54, 1.807) is 6.20 Å². The predicted octanol–water partition coefficient (Wildman–Crippen LogP) is 2.18.